The molecule has 0 saturated heterocycles. The number of aliphatic hydroxyl groups is 2. The fourth-order valence-corrected chi connectivity index (χ4v) is 6.86. The molecule has 0 bridgehead atoms. The lowest BCUT2D eigenvalue weighted by atomic mass is 9.97. The summed E-state index contributed by atoms with van der Waals surface area (Å²) < 4.78 is 51.3. The van der Waals surface area contributed by atoms with Crippen molar-refractivity contribution < 1.29 is 46.9 Å². The summed E-state index contributed by atoms with van der Waals surface area (Å²) in [4.78, 5) is 23.3. The van der Waals surface area contributed by atoms with Gasteiger partial charge in [0.1, 0.15) is 24.4 Å². The third-order valence-corrected chi connectivity index (χ3v) is 19.3. The monoisotopic (exact) mass is 831 g/mol. The molecule has 0 unspecified atom stereocenters. The average Bonchev–Trinajstić information content (AvgIpc) is 3.01. The minimum atomic E-state index is -1.95. The van der Waals surface area contributed by atoms with Gasteiger partial charge in [0.05, 0.1) is 17.4 Å². The molecule has 0 rings (SSSR count). The first-order valence-corrected chi connectivity index (χ1v) is 25.7. The van der Waals surface area contributed by atoms with Crippen molar-refractivity contribution in [2.75, 3.05) is 13.2 Å². The first-order chi connectivity index (χ1) is 25.0. The van der Waals surface area contributed by atoms with Crippen molar-refractivity contribution in [3.63, 3.8) is 0 Å². The largest absolute Gasteiger partial charge is 0.465 e. The summed E-state index contributed by atoms with van der Waals surface area (Å²) in [5.74, 6) is 2.87. The lowest BCUT2D eigenvalue weighted by Gasteiger charge is -2.39. The first kappa shape index (κ1) is 56.0. The zero-order valence-electron chi connectivity index (χ0n) is 38.7. The van der Waals surface area contributed by atoms with Gasteiger partial charge in [-0.1, -0.05) is 79.4 Å². The molecule has 0 aliphatic heterocycles. The smallest absolute Gasteiger partial charge is 0.311 e. The van der Waals surface area contributed by atoms with E-state index in [9.17, 15) is 28.6 Å². The normalized spacial score (nSPS) is 17.1. The summed E-state index contributed by atoms with van der Waals surface area (Å²) in [6, 6.07) is 0. The van der Waals surface area contributed by atoms with E-state index in [1.807, 2.05) is 27.7 Å². The number of aliphatic hydroxyl groups excluding tert-OH is 2. The summed E-state index contributed by atoms with van der Waals surface area (Å²) >= 11 is 0. The standard InChI is InChI=1S/C22H41FO4Si.C22H39FO4Si/c2*1-16(17(2)27-28(9,10)22(6,7)8)15-18(23)19(24)13-11-12-14-26-20(25)21(3,4)5/h11,13,15-17,19,24H,12,14H2,1-10H3;15-17,19,24H,12,14H2,1-10H3/b13-11-,18-15+;18-15+/t2*16-,17+,19+/m11/s1. The second-order valence-electron chi connectivity index (χ2n) is 19.9. The summed E-state index contributed by atoms with van der Waals surface area (Å²) in [6.45, 7) is 40.2. The van der Waals surface area contributed by atoms with Crippen LogP contribution in [0.1, 0.15) is 124 Å². The van der Waals surface area contributed by atoms with Crippen LogP contribution in [0.15, 0.2) is 36.0 Å². The van der Waals surface area contributed by atoms with Crippen LogP contribution >= 0.6 is 0 Å². The van der Waals surface area contributed by atoms with Crippen LogP contribution < -0.4 is 0 Å². The van der Waals surface area contributed by atoms with Gasteiger partial charge in [-0.05, 0) is 110 Å². The maximum absolute atomic E-state index is 14.3. The van der Waals surface area contributed by atoms with Gasteiger partial charge in [-0.25, -0.2) is 8.78 Å². The zero-order valence-corrected chi connectivity index (χ0v) is 40.7. The quantitative estimate of drug-likeness (QED) is 0.0520. The van der Waals surface area contributed by atoms with Gasteiger partial charge in [0.15, 0.2) is 22.7 Å². The first-order valence-electron chi connectivity index (χ1n) is 19.9. The van der Waals surface area contributed by atoms with Gasteiger partial charge in [-0.2, -0.15) is 0 Å². The van der Waals surface area contributed by atoms with Gasteiger partial charge in [-0.3, -0.25) is 9.59 Å². The fraction of sp³-hybridized carbons (Fsp3) is 0.773. The van der Waals surface area contributed by atoms with Crippen molar-refractivity contribution in [3.8, 4) is 11.8 Å². The van der Waals surface area contributed by atoms with E-state index < -0.39 is 51.3 Å². The third-order valence-electron chi connectivity index (χ3n) is 10.2. The Hall–Kier alpha value is -2.15. The second-order valence-corrected chi connectivity index (χ2v) is 29.4. The highest BCUT2D eigenvalue weighted by atomic mass is 28.4. The number of ether oxygens (including phenoxy) is 2. The predicted octanol–water partition coefficient (Wildman–Crippen LogP) is 11.0. The number of carbonyl (C=O) groups is 2. The molecule has 6 atom stereocenters. The van der Waals surface area contributed by atoms with Crippen molar-refractivity contribution in [1.29, 1.82) is 0 Å². The maximum Gasteiger partial charge on any atom is 0.311 e. The van der Waals surface area contributed by atoms with Crippen LogP contribution in [0.2, 0.25) is 36.3 Å². The lowest BCUT2D eigenvalue weighted by Crippen LogP contribution is -2.44. The molecule has 0 aromatic rings. The van der Waals surface area contributed by atoms with Gasteiger partial charge in [0.25, 0.3) is 0 Å². The third kappa shape index (κ3) is 22.1. The number of halogens is 2. The molecule has 0 amide bonds. The summed E-state index contributed by atoms with van der Waals surface area (Å²) in [7, 11) is -3.88. The van der Waals surface area contributed by atoms with E-state index in [1.165, 1.54) is 18.2 Å². The topological polar surface area (TPSA) is 112 Å². The molecular formula is C44H80F2O8Si2. The van der Waals surface area contributed by atoms with Crippen LogP contribution in [0, 0.1) is 34.5 Å². The van der Waals surface area contributed by atoms with E-state index in [1.54, 1.807) is 47.6 Å². The molecule has 0 aromatic heterocycles. The molecule has 8 nitrogen and oxygen atoms in total. The molecule has 0 spiro atoms. The minimum absolute atomic E-state index is 0.0741. The Morgan fingerprint density at radius 1 is 0.661 bits per heavy atom. The molecule has 0 heterocycles. The molecule has 0 aromatic carbocycles. The summed E-state index contributed by atoms with van der Waals surface area (Å²) in [5.41, 5.74) is -1.11. The van der Waals surface area contributed by atoms with E-state index in [0.29, 0.717) is 6.42 Å². The molecule has 0 aliphatic carbocycles. The summed E-state index contributed by atoms with van der Waals surface area (Å²) in [6.07, 6.45) is 3.37. The van der Waals surface area contributed by atoms with Gasteiger partial charge in [-0.15, -0.1) is 0 Å². The Bertz CT molecular complexity index is 1370. The van der Waals surface area contributed by atoms with Crippen LogP contribution in [0.5, 0.6) is 0 Å². The molecule has 0 aliphatic rings. The van der Waals surface area contributed by atoms with Crippen LogP contribution in [0.4, 0.5) is 8.78 Å². The molecule has 0 radical (unpaired) electrons. The highest BCUT2D eigenvalue weighted by Crippen LogP contribution is 2.39. The highest BCUT2D eigenvalue weighted by molar-refractivity contribution is 6.74. The molecule has 0 saturated carbocycles. The predicted molar refractivity (Wildman–Crippen MR) is 231 cm³/mol. The van der Waals surface area contributed by atoms with Crippen molar-refractivity contribution in [3.05, 3.63) is 36.0 Å². The average molecular weight is 831 g/mol. The zero-order chi connectivity index (χ0) is 44.7. The SMILES string of the molecule is C[C@H](/C=C(/F)[C@@H](O)/C=C\CCOC(=O)C(C)(C)C)[C@H](C)O[Si](C)(C)C(C)(C)C.C[C@H](/C=C(/F)[C@@H](O)C#CCCOC(=O)C(C)(C)C)[C@H](C)O[Si](C)(C)C(C)(C)C. The van der Waals surface area contributed by atoms with E-state index in [-0.39, 0.29) is 65.7 Å². The Labute approximate surface area is 342 Å². The number of hydrogen-bond donors (Lipinski definition) is 2. The molecule has 56 heavy (non-hydrogen) atoms. The van der Waals surface area contributed by atoms with E-state index in [4.69, 9.17) is 18.3 Å². The molecule has 12 heteroatoms. The number of hydrogen-bond acceptors (Lipinski definition) is 8. The van der Waals surface area contributed by atoms with E-state index >= 15 is 0 Å². The highest BCUT2D eigenvalue weighted by Gasteiger charge is 2.40. The van der Waals surface area contributed by atoms with Crippen molar-refractivity contribution in [1.82, 2.24) is 0 Å². The van der Waals surface area contributed by atoms with Crippen LogP contribution in [0.25, 0.3) is 0 Å². The Morgan fingerprint density at radius 3 is 1.41 bits per heavy atom. The van der Waals surface area contributed by atoms with Gasteiger partial charge in [0.2, 0.25) is 0 Å². The minimum Gasteiger partial charge on any atom is -0.465 e. The van der Waals surface area contributed by atoms with Crippen molar-refractivity contribution in [2.24, 2.45) is 22.7 Å². The molecule has 0 fully saturated rings. The van der Waals surface area contributed by atoms with Crippen molar-refractivity contribution in [2.45, 2.75) is 184 Å². The summed E-state index contributed by atoms with van der Waals surface area (Å²) in [5, 5.41) is 20.0. The second kappa shape index (κ2) is 23.4. The van der Waals surface area contributed by atoms with E-state index in [0.717, 1.165) is 0 Å². The number of carbonyl (C=O) groups excluding carboxylic acids is 2. The van der Waals surface area contributed by atoms with Crippen LogP contribution in [-0.4, -0.2) is 76.4 Å². The fourth-order valence-electron chi connectivity index (χ4n) is 3.86. The maximum atomic E-state index is 14.3. The molecular weight excluding hydrogens is 751 g/mol. The van der Waals surface area contributed by atoms with Gasteiger partial charge < -0.3 is 28.5 Å². The lowest BCUT2D eigenvalue weighted by molar-refractivity contribution is -0.153. The Balaban J connectivity index is 0. The van der Waals surface area contributed by atoms with Crippen molar-refractivity contribution >= 4 is 28.6 Å². The molecule has 2 N–H and O–H groups in total. The van der Waals surface area contributed by atoms with Crippen LogP contribution in [-0.2, 0) is 27.9 Å². The van der Waals surface area contributed by atoms with E-state index in [2.05, 4.69) is 79.6 Å². The van der Waals surface area contributed by atoms with Gasteiger partial charge in [0, 0.05) is 30.5 Å². The number of esters is 2. The Morgan fingerprint density at radius 2 is 1.04 bits per heavy atom. The number of rotatable bonds is 16. The molecule has 326 valence electrons. The van der Waals surface area contributed by atoms with Crippen LogP contribution in [0.3, 0.4) is 0 Å². The van der Waals surface area contributed by atoms with Gasteiger partial charge >= 0.3 is 11.9 Å². The Kier molecular flexibility index (Phi) is 23.4.